The molecule has 1 aliphatic heterocycles. The number of hydrogen-bond acceptors (Lipinski definition) is 3. The van der Waals surface area contributed by atoms with Gasteiger partial charge in [-0.25, -0.2) is 14.0 Å². The maximum Gasteiger partial charge on any atom is 0.416 e. The highest BCUT2D eigenvalue weighted by atomic mass is 19.4. The maximum absolute atomic E-state index is 12.8. The van der Waals surface area contributed by atoms with Crippen LogP contribution in [0.1, 0.15) is 30.5 Å². The van der Waals surface area contributed by atoms with E-state index in [1.54, 1.807) is 17.7 Å². The Labute approximate surface area is 158 Å². The van der Waals surface area contributed by atoms with Crippen molar-refractivity contribution < 1.29 is 18.3 Å². The van der Waals surface area contributed by atoms with E-state index < -0.39 is 11.7 Å². The number of nitrogens with zero attached hydrogens (tertiary/aromatic N) is 4. The monoisotopic (exact) mass is 392 g/mol. The number of halogens is 3. The molecule has 0 radical (unpaired) electrons. The second-order valence-electron chi connectivity index (χ2n) is 6.94. The van der Waals surface area contributed by atoms with Gasteiger partial charge in [-0.15, -0.1) is 0 Å². The van der Waals surface area contributed by atoms with Gasteiger partial charge in [-0.2, -0.15) is 18.3 Å². The normalized spacial score (nSPS) is 14.7. The van der Waals surface area contributed by atoms with Crippen LogP contribution in [0.15, 0.2) is 35.1 Å². The van der Waals surface area contributed by atoms with Crippen LogP contribution in [-0.2, 0) is 19.3 Å². The first kappa shape index (κ1) is 18.4. The summed E-state index contributed by atoms with van der Waals surface area (Å²) in [6.07, 6.45) is -1.69. The maximum atomic E-state index is 12.8. The number of benzene rings is 1. The molecule has 0 saturated carbocycles. The zero-order chi connectivity index (χ0) is 20.1. The Balaban J connectivity index is 1.76. The molecule has 0 atom stereocenters. The molecule has 6 nitrogen and oxygen atoms in total. The van der Waals surface area contributed by atoms with E-state index in [4.69, 9.17) is 0 Å². The molecule has 3 aromatic rings. The molecule has 4 rings (SSSR count). The van der Waals surface area contributed by atoms with Gasteiger partial charge in [0.15, 0.2) is 5.69 Å². The fourth-order valence-electron chi connectivity index (χ4n) is 3.57. The SMILES string of the molecule is Cc1cc(-c2ccc(C(F)(F)F)cc2)nn1-c1c(O)n2n(c1=O)CCCCC2. The first-order valence-electron chi connectivity index (χ1n) is 9.04. The molecule has 2 aromatic heterocycles. The van der Waals surface area contributed by atoms with E-state index in [0.717, 1.165) is 31.4 Å². The van der Waals surface area contributed by atoms with Crippen LogP contribution < -0.4 is 5.56 Å². The number of aryl methyl sites for hydroxylation is 1. The highest BCUT2D eigenvalue weighted by Gasteiger charge is 2.30. The smallest absolute Gasteiger partial charge is 0.416 e. The number of aromatic hydroxyl groups is 1. The molecular weight excluding hydrogens is 373 g/mol. The molecule has 1 aromatic carbocycles. The molecule has 0 bridgehead atoms. The minimum absolute atomic E-state index is 0.0672. The lowest BCUT2D eigenvalue weighted by Gasteiger charge is -2.07. The summed E-state index contributed by atoms with van der Waals surface area (Å²) in [5, 5.41) is 15.0. The van der Waals surface area contributed by atoms with Crippen molar-refractivity contribution in [2.45, 2.75) is 45.5 Å². The number of hydrogen-bond donors (Lipinski definition) is 1. The predicted octanol–water partition coefficient (Wildman–Crippen LogP) is 3.72. The van der Waals surface area contributed by atoms with Gasteiger partial charge in [-0.3, -0.25) is 4.79 Å². The van der Waals surface area contributed by atoms with Crippen molar-refractivity contribution in [3.8, 4) is 22.8 Å². The van der Waals surface area contributed by atoms with Gasteiger partial charge in [-0.05, 0) is 44.4 Å². The van der Waals surface area contributed by atoms with Crippen molar-refractivity contribution in [2.75, 3.05) is 0 Å². The average Bonchev–Trinajstić information content (AvgIpc) is 2.99. The molecule has 9 heteroatoms. The minimum atomic E-state index is -4.40. The lowest BCUT2D eigenvalue weighted by atomic mass is 10.1. The van der Waals surface area contributed by atoms with Gasteiger partial charge in [0.2, 0.25) is 5.88 Å². The van der Waals surface area contributed by atoms with Crippen LogP contribution in [-0.4, -0.2) is 24.3 Å². The van der Waals surface area contributed by atoms with Crippen LogP contribution in [0.2, 0.25) is 0 Å². The van der Waals surface area contributed by atoms with Gasteiger partial charge < -0.3 is 5.11 Å². The number of aromatic nitrogens is 4. The van der Waals surface area contributed by atoms with Gasteiger partial charge in [0, 0.05) is 24.3 Å². The summed E-state index contributed by atoms with van der Waals surface area (Å²) in [4.78, 5) is 12.8. The van der Waals surface area contributed by atoms with Crippen LogP contribution in [0.3, 0.4) is 0 Å². The van der Waals surface area contributed by atoms with Crippen molar-refractivity contribution in [1.82, 2.24) is 19.1 Å². The molecule has 1 aliphatic rings. The number of alkyl halides is 3. The van der Waals surface area contributed by atoms with Crippen molar-refractivity contribution in [2.24, 2.45) is 0 Å². The summed E-state index contributed by atoms with van der Waals surface area (Å²) in [6.45, 7) is 2.80. The van der Waals surface area contributed by atoms with Gasteiger partial charge in [0.05, 0.1) is 11.3 Å². The Morgan fingerprint density at radius 3 is 2.32 bits per heavy atom. The first-order chi connectivity index (χ1) is 13.3. The van der Waals surface area contributed by atoms with E-state index in [1.165, 1.54) is 21.5 Å². The van der Waals surface area contributed by atoms with Gasteiger partial charge in [0.25, 0.3) is 5.56 Å². The van der Waals surface area contributed by atoms with Gasteiger partial charge >= 0.3 is 6.18 Å². The standard InChI is InChI=1S/C19H19F3N4O2/c1-12-11-15(13-5-7-14(8-6-13)19(20,21)22)23-26(12)16-17(27)24-9-3-2-4-10-25(24)18(16)28/h5-8,11,27H,2-4,9-10H2,1H3. The molecule has 0 spiro atoms. The third-order valence-corrected chi connectivity index (χ3v) is 5.03. The second kappa shape index (κ2) is 6.57. The quantitative estimate of drug-likeness (QED) is 0.723. The van der Waals surface area contributed by atoms with E-state index in [1.807, 2.05) is 0 Å². The summed E-state index contributed by atoms with van der Waals surface area (Å²) >= 11 is 0. The summed E-state index contributed by atoms with van der Waals surface area (Å²) in [5.74, 6) is -0.142. The molecule has 0 unspecified atom stereocenters. The fraction of sp³-hybridized carbons (Fsp3) is 0.368. The lowest BCUT2D eigenvalue weighted by molar-refractivity contribution is -0.137. The average molecular weight is 392 g/mol. The zero-order valence-electron chi connectivity index (χ0n) is 15.2. The highest BCUT2D eigenvalue weighted by Crippen LogP contribution is 2.31. The number of rotatable bonds is 2. The first-order valence-corrected chi connectivity index (χ1v) is 9.04. The van der Waals surface area contributed by atoms with Crippen LogP contribution in [0, 0.1) is 6.92 Å². The van der Waals surface area contributed by atoms with Crippen LogP contribution in [0.5, 0.6) is 5.88 Å². The molecule has 0 aliphatic carbocycles. The zero-order valence-corrected chi connectivity index (χ0v) is 15.2. The highest BCUT2D eigenvalue weighted by molar-refractivity contribution is 5.61. The Bertz CT molecular complexity index is 1070. The van der Waals surface area contributed by atoms with Crippen LogP contribution >= 0.6 is 0 Å². The van der Waals surface area contributed by atoms with Crippen molar-refractivity contribution in [3.63, 3.8) is 0 Å². The van der Waals surface area contributed by atoms with Crippen molar-refractivity contribution >= 4 is 0 Å². The van der Waals surface area contributed by atoms with Crippen LogP contribution in [0.25, 0.3) is 16.9 Å². The predicted molar refractivity (Wildman–Crippen MR) is 96.5 cm³/mol. The molecule has 1 N–H and O–H groups in total. The van der Waals surface area contributed by atoms with E-state index in [-0.39, 0.29) is 17.1 Å². The summed E-state index contributed by atoms with van der Waals surface area (Å²) in [6, 6.07) is 6.36. The Kier molecular flexibility index (Phi) is 4.32. The Morgan fingerprint density at radius 2 is 1.68 bits per heavy atom. The van der Waals surface area contributed by atoms with E-state index >= 15 is 0 Å². The third-order valence-electron chi connectivity index (χ3n) is 5.03. The Hall–Kier alpha value is -2.97. The van der Waals surface area contributed by atoms with Crippen molar-refractivity contribution in [1.29, 1.82) is 0 Å². The molecule has 148 valence electrons. The largest absolute Gasteiger partial charge is 0.492 e. The van der Waals surface area contributed by atoms with E-state index in [2.05, 4.69) is 5.10 Å². The summed E-state index contributed by atoms with van der Waals surface area (Å²) < 4.78 is 42.7. The van der Waals surface area contributed by atoms with E-state index in [0.29, 0.717) is 30.0 Å². The molecular formula is C19H19F3N4O2. The Morgan fingerprint density at radius 1 is 1.04 bits per heavy atom. The number of fused-ring (bicyclic) bond motifs is 1. The van der Waals surface area contributed by atoms with Gasteiger partial charge in [0.1, 0.15) is 0 Å². The minimum Gasteiger partial charge on any atom is -0.492 e. The second-order valence-corrected chi connectivity index (χ2v) is 6.94. The molecule has 0 saturated heterocycles. The lowest BCUT2D eigenvalue weighted by Crippen LogP contribution is -2.23. The summed E-state index contributed by atoms with van der Waals surface area (Å²) in [7, 11) is 0. The fourth-order valence-corrected chi connectivity index (χ4v) is 3.57. The molecule has 0 fully saturated rings. The van der Waals surface area contributed by atoms with Crippen molar-refractivity contribution in [3.05, 3.63) is 51.9 Å². The molecule has 28 heavy (non-hydrogen) atoms. The van der Waals surface area contributed by atoms with Gasteiger partial charge in [-0.1, -0.05) is 12.1 Å². The molecule has 0 amide bonds. The topological polar surface area (TPSA) is 65.0 Å². The van der Waals surface area contributed by atoms with Crippen LogP contribution in [0.4, 0.5) is 13.2 Å². The van der Waals surface area contributed by atoms with E-state index in [9.17, 15) is 23.1 Å². The molecule has 3 heterocycles. The summed E-state index contributed by atoms with van der Waals surface area (Å²) in [5.41, 5.74) is 0.525. The third kappa shape index (κ3) is 3.00.